The summed E-state index contributed by atoms with van der Waals surface area (Å²) < 4.78 is 0. The average molecular weight is 367 g/mol. The first-order valence-electron chi connectivity index (χ1n) is 8.55. The van der Waals surface area contributed by atoms with E-state index in [1.165, 1.54) is 0 Å². The van der Waals surface area contributed by atoms with Crippen molar-refractivity contribution in [2.45, 2.75) is 19.9 Å². The molecule has 1 N–H and O–H groups in total. The fourth-order valence-corrected chi connectivity index (χ4v) is 3.40. The summed E-state index contributed by atoms with van der Waals surface area (Å²) >= 11 is 5.86. The lowest BCUT2D eigenvalue weighted by Gasteiger charge is -2.40. The Kier molecular flexibility index (Phi) is 4.24. The fraction of sp³-hybridized carbons (Fsp3) is 0.250. The monoisotopic (exact) mass is 366 g/mol. The quantitative estimate of drug-likeness (QED) is 0.770. The first kappa shape index (κ1) is 16.8. The van der Waals surface area contributed by atoms with Crippen molar-refractivity contribution in [2.24, 2.45) is 0 Å². The molecule has 0 aliphatic carbocycles. The van der Waals surface area contributed by atoms with Gasteiger partial charge < -0.3 is 10.2 Å². The summed E-state index contributed by atoms with van der Waals surface area (Å²) in [5.41, 5.74) is 3.69. The van der Waals surface area contributed by atoms with Crippen LogP contribution in [0.3, 0.4) is 0 Å². The molecule has 132 valence electrons. The number of anilines is 1. The number of aromatic nitrogens is 2. The van der Waals surface area contributed by atoms with E-state index in [0.717, 1.165) is 41.1 Å². The van der Waals surface area contributed by atoms with E-state index in [1.54, 1.807) is 6.20 Å². The molecular formula is C20H19ClN4O. The number of rotatable bonds is 3. The lowest BCUT2D eigenvalue weighted by molar-refractivity contribution is 0.0930. The maximum Gasteiger partial charge on any atom is 0.251 e. The Morgan fingerprint density at radius 2 is 2.00 bits per heavy atom. The van der Waals surface area contributed by atoms with Gasteiger partial charge in [-0.25, -0.2) is 4.98 Å². The number of nitrogens with one attached hydrogen (secondary N) is 1. The molecule has 1 aliphatic heterocycles. The van der Waals surface area contributed by atoms with Crippen LogP contribution >= 0.6 is 11.6 Å². The Bertz CT molecular complexity index is 981. The maximum absolute atomic E-state index is 12.6. The van der Waals surface area contributed by atoms with Crippen molar-refractivity contribution in [3.05, 3.63) is 64.4 Å². The van der Waals surface area contributed by atoms with Crippen LogP contribution in [-0.4, -0.2) is 35.0 Å². The first-order valence-corrected chi connectivity index (χ1v) is 8.93. The lowest BCUT2D eigenvalue weighted by atomic mass is 10.0. The minimum absolute atomic E-state index is 0.0550. The number of nitrogens with zero attached hydrogens (tertiary/aromatic N) is 3. The molecule has 3 heterocycles. The molecule has 6 heteroatoms. The van der Waals surface area contributed by atoms with E-state index in [1.807, 2.05) is 50.2 Å². The zero-order valence-corrected chi connectivity index (χ0v) is 15.4. The summed E-state index contributed by atoms with van der Waals surface area (Å²) in [5, 5.41) is 4.72. The number of amides is 1. The van der Waals surface area contributed by atoms with Crippen molar-refractivity contribution in [1.29, 1.82) is 0 Å². The standard InChI is InChI=1S/C20H19ClN4O/c1-12-7-13(2)23-18-5-3-14(8-17(12)18)20(26)24-16-10-25(11-16)19-6-4-15(21)9-22-19/h3-9,16H,10-11H2,1-2H3,(H,24,26). The van der Waals surface area contributed by atoms with E-state index in [2.05, 4.69) is 20.2 Å². The van der Waals surface area contributed by atoms with Gasteiger partial charge in [-0.3, -0.25) is 9.78 Å². The normalized spacial score (nSPS) is 14.3. The number of aryl methyl sites for hydroxylation is 2. The van der Waals surface area contributed by atoms with Crippen LogP contribution in [0.15, 0.2) is 42.6 Å². The van der Waals surface area contributed by atoms with Gasteiger partial charge in [0.15, 0.2) is 0 Å². The topological polar surface area (TPSA) is 58.1 Å². The van der Waals surface area contributed by atoms with Crippen LogP contribution in [0.1, 0.15) is 21.6 Å². The van der Waals surface area contributed by atoms with Crippen molar-refractivity contribution in [3.8, 4) is 0 Å². The van der Waals surface area contributed by atoms with E-state index in [9.17, 15) is 4.79 Å². The third kappa shape index (κ3) is 3.22. The van der Waals surface area contributed by atoms with Crippen LogP contribution in [0.4, 0.5) is 5.82 Å². The molecule has 5 nitrogen and oxygen atoms in total. The van der Waals surface area contributed by atoms with Crippen LogP contribution in [-0.2, 0) is 0 Å². The number of benzene rings is 1. The van der Waals surface area contributed by atoms with Gasteiger partial charge in [-0.1, -0.05) is 11.6 Å². The zero-order chi connectivity index (χ0) is 18.3. The summed E-state index contributed by atoms with van der Waals surface area (Å²) in [6.45, 7) is 5.51. The highest BCUT2D eigenvalue weighted by Crippen LogP contribution is 2.22. The summed E-state index contributed by atoms with van der Waals surface area (Å²) in [4.78, 5) is 23.5. The Labute approximate surface area is 157 Å². The van der Waals surface area contributed by atoms with Gasteiger partial charge >= 0.3 is 0 Å². The van der Waals surface area contributed by atoms with Gasteiger partial charge in [-0.05, 0) is 55.8 Å². The Balaban J connectivity index is 1.43. The van der Waals surface area contributed by atoms with Gasteiger partial charge in [-0.2, -0.15) is 0 Å². The number of pyridine rings is 2. The van der Waals surface area contributed by atoms with Crippen molar-refractivity contribution in [2.75, 3.05) is 18.0 Å². The van der Waals surface area contributed by atoms with Gasteiger partial charge in [0.1, 0.15) is 5.82 Å². The van der Waals surface area contributed by atoms with Gasteiger partial charge in [0.25, 0.3) is 5.91 Å². The smallest absolute Gasteiger partial charge is 0.251 e. The summed E-state index contributed by atoms with van der Waals surface area (Å²) in [6, 6.07) is 11.5. The minimum atomic E-state index is -0.0550. The SMILES string of the molecule is Cc1cc(C)c2cc(C(=O)NC3CN(c4ccc(Cl)cn4)C3)ccc2n1. The lowest BCUT2D eigenvalue weighted by Crippen LogP contribution is -2.59. The van der Waals surface area contributed by atoms with Crippen LogP contribution in [0.25, 0.3) is 10.9 Å². The van der Waals surface area contributed by atoms with E-state index in [4.69, 9.17) is 11.6 Å². The van der Waals surface area contributed by atoms with Gasteiger partial charge in [-0.15, -0.1) is 0 Å². The number of hydrogen-bond acceptors (Lipinski definition) is 4. The molecular weight excluding hydrogens is 348 g/mol. The Morgan fingerprint density at radius 1 is 1.19 bits per heavy atom. The van der Waals surface area contributed by atoms with E-state index < -0.39 is 0 Å². The molecule has 1 saturated heterocycles. The first-order chi connectivity index (χ1) is 12.5. The van der Waals surface area contributed by atoms with Gasteiger partial charge in [0, 0.05) is 35.9 Å². The van der Waals surface area contributed by atoms with Crippen molar-refractivity contribution < 1.29 is 4.79 Å². The molecule has 3 aromatic rings. The van der Waals surface area contributed by atoms with Crippen LogP contribution in [0, 0.1) is 13.8 Å². The number of fused-ring (bicyclic) bond motifs is 1. The van der Waals surface area contributed by atoms with Crippen molar-refractivity contribution >= 4 is 34.2 Å². The fourth-order valence-electron chi connectivity index (χ4n) is 3.28. The third-order valence-electron chi connectivity index (χ3n) is 4.66. The molecule has 1 fully saturated rings. The number of carbonyl (C=O) groups excluding carboxylic acids is 1. The average Bonchev–Trinajstić information content (AvgIpc) is 2.58. The molecule has 0 saturated carbocycles. The second-order valence-corrected chi connectivity index (χ2v) is 7.16. The summed E-state index contributed by atoms with van der Waals surface area (Å²) in [5.74, 6) is 0.822. The molecule has 0 bridgehead atoms. The highest BCUT2D eigenvalue weighted by atomic mass is 35.5. The molecule has 4 rings (SSSR count). The van der Waals surface area contributed by atoms with Crippen LogP contribution in [0.2, 0.25) is 5.02 Å². The largest absolute Gasteiger partial charge is 0.352 e. The maximum atomic E-state index is 12.6. The minimum Gasteiger partial charge on any atom is -0.352 e. The summed E-state index contributed by atoms with van der Waals surface area (Å²) in [6.07, 6.45) is 1.63. The molecule has 1 aliphatic rings. The number of carbonyl (C=O) groups is 1. The number of halogens is 1. The van der Waals surface area contributed by atoms with E-state index >= 15 is 0 Å². The molecule has 1 amide bonds. The summed E-state index contributed by atoms with van der Waals surface area (Å²) in [7, 11) is 0. The molecule has 26 heavy (non-hydrogen) atoms. The predicted octanol–water partition coefficient (Wildman–Crippen LogP) is 3.52. The molecule has 0 unspecified atom stereocenters. The molecule has 0 spiro atoms. The molecule has 2 aromatic heterocycles. The Morgan fingerprint density at radius 3 is 2.73 bits per heavy atom. The molecule has 0 atom stereocenters. The van der Waals surface area contributed by atoms with Gasteiger partial charge in [0.05, 0.1) is 16.6 Å². The van der Waals surface area contributed by atoms with Gasteiger partial charge in [0.2, 0.25) is 0 Å². The molecule has 1 aromatic carbocycles. The zero-order valence-electron chi connectivity index (χ0n) is 14.7. The van der Waals surface area contributed by atoms with E-state index in [0.29, 0.717) is 10.6 Å². The second kappa shape index (κ2) is 6.57. The van der Waals surface area contributed by atoms with Crippen LogP contribution in [0.5, 0.6) is 0 Å². The highest BCUT2D eigenvalue weighted by molar-refractivity contribution is 6.30. The van der Waals surface area contributed by atoms with E-state index in [-0.39, 0.29) is 11.9 Å². The Hall–Kier alpha value is -2.66. The van der Waals surface area contributed by atoms with Crippen molar-refractivity contribution in [3.63, 3.8) is 0 Å². The van der Waals surface area contributed by atoms with Crippen molar-refractivity contribution in [1.82, 2.24) is 15.3 Å². The highest BCUT2D eigenvalue weighted by Gasteiger charge is 2.29. The van der Waals surface area contributed by atoms with Crippen LogP contribution < -0.4 is 10.2 Å². The second-order valence-electron chi connectivity index (χ2n) is 6.72. The molecule has 0 radical (unpaired) electrons. The number of hydrogen-bond donors (Lipinski definition) is 1. The predicted molar refractivity (Wildman–Crippen MR) is 104 cm³/mol. The third-order valence-corrected chi connectivity index (χ3v) is 4.88.